The highest BCUT2D eigenvalue weighted by Crippen LogP contribution is 2.16. The fraction of sp³-hybridized carbons (Fsp3) is 0.444. The molecule has 0 fully saturated rings. The van der Waals surface area contributed by atoms with E-state index in [4.69, 9.17) is 28.3 Å². The molecule has 1 aromatic rings. The van der Waals surface area contributed by atoms with E-state index >= 15 is 0 Å². The van der Waals surface area contributed by atoms with Gasteiger partial charge in [0.15, 0.2) is 0 Å². The molecule has 0 amide bonds. The normalized spacial score (nSPS) is 11.6. The van der Waals surface area contributed by atoms with Gasteiger partial charge in [0.2, 0.25) is 5.88 Å². The third kappa shape index (κ3) is 3.48. The van der Waals surface area contributed by atoms with Gasteiger partial charge in [-0.2, -0.15) is 0 Å². The Bertz CT molecular complexity index is 292. The predicted molar refractivity (Wildman–Crippen MR) is 58.9 cm³/mol. The first-order chi connectivity index (χ1) is 6.38. The Balaban J connectivity index is 2.74. The number of hydrogen-bond donors (Lipinski definition) is 0. The largest absolute Gasteiger partial charge is 0.501 e. The van der Waals surface area contributed by atoms with Crippen molar-refractivity contribution in [2.75, 3.05) is 0 Å². The Morgan fingerprint density at radius 2 is 1.93 bits per heavy atom. The second-order valence-corrected chi connectivity index (χ2v) is 3.54. The highest BCUT2D eigenvalue weighted by Gasteiger charge is 2.11. The standard InChI is InChI=1S/C9H10B3NO/c1-6(2)7-3-4-8(13-5-7)14-9(10,11)12/h3-6H,1-2H3. The van der Waals surface area contributed by atoms with Gasteiger partial charge in [-0.25, -0.2) is 4.98 Å². The lowest BCUT2D eigenvalue weighted by atomic mass is 9.52. The fourth-order valence-corrected chi connectivity index (χ4v) is 0.975. The average molecular weight is 181 g/mol. The first kappa shape index (κ1) is 11.2. The minimum atomic E-state index is -1.67. The van der Waals surface area contributed by atoms with Gasteiger partial charge in [-0.05, 0) is 16.8 Å². The summed E-state index contributed by atoms with van der Waals surface area (Å²) in [7, 11) is 15.8. The van der Waals surface area contributed by atoms with Crippen molar-refractivity contribution in [1.29, 1.82) is 0 Å². The van der Waals surface area contributed by atoms with E-state index in [1.54, 1.807) is 12.3 Å². The van der Waals surface area contributed by atoms with Gasteiger partial charge >= 0.3 is 0 Å². The van der Waals surface area contributed by atoms with E-state index in [1.807, 2.05) is 6.07 Å². The monoisotopic (exact) mass is 181 g/mol. The molecule has 0 bridgehead atoms. The predicted octanol–water partition coefficient (Wildman–Crippen LogP) is 0.701. The zero-order valence-corrected chi connectivity index (χ0v) is 8.40. The summed E-state index contributed by atoms with van der Waals surface area (Å²) in [5.41, 5.74) is 1.12. The van der Waals surface area contributed by atoms with Crippen LogP contribution in [0.2, 0.25) is 0 Å². The lowest BCUT2D eigenvalue weighted by Gasteiger charge is -2.22. The Hall–Kier alpha value is -0.855. The van der Waals surface area contributed by atoms with Crippen molar-refractivity contribution in [2.45, 2.75) is 25.1 Å². The molecule has 1 aromatic heterocycles. The van der Waals surface area contributed by atoms with Crippen LogP contribution in [-0.4, -0.2) is 33.8 Å². The topological polar surface area (TPSA) is 22.1 Å². The second kappa shape index (κ2) is 4.12. The van der Waals surface area contributed by atoms with Gasteiger partial charge in [0, 0.05) is 12.3 Å². The SMILES string of the molecule is [B]C([B])([B])Oc1ccc(C(C)C)cn1. The molecule has 0 spiro atoms. The summed E-state index contributed by atoms with van der Waals surface area (Å²) in [6, 6.07) is 3.59. The molecular formula is C9H10B3NO. The Labute approximate surface area is 88.7 Å². The quantitative estimate of drug-likeness (QED) is 0.639. The van der Waals surface area contributed by atoms with E-state index in [2.05, 4.69) is 18.8 Å². The molecule has 0 N–H and O–H groups in total. The van der Waals surface area contributed by atoms with E-state index < -0.39 is 5.30 Å². The lowest BCUT2D eigenvalue weighted by Crippen LogP contribution is -2.37. The van der Waals surface area contributed by atoms with Gasteiger partial charge in [-0.1, -0.05) is 19.9 Å². The molecule has 0 saturated heterocycles. The molecule has 0 unspecified atom stereocenters. The van der Waals surface area contributed by atoms with Gasteiger partial charge < -0.3 is 4.74 Å². The molecule has 6 radical (unpaired) electrons. The first-order valence-corrected chi connectivity index (χ1v) is 4.40. The van der Waals surface area contributed by atoms with Gasteiger partial charge in [0.05, 0.1) is 0 Å². The summed E-state index contributed by atoms with van der Waals surface area (Å²) in [5, 5.41) is -1.67. The van der Waals surface area contributed by atoms with E-state index in [1.165, 1.54) is 0 Å². The van der Waals surface area contributed by atoms with E-state index in [9.17, 15) is 0 Å². The van der Waals surface area contributed by atoms with Crippen molar-refractivity contribution in [2.24, 2.45) is 0 Å². The summed E-state index contributed by atoms with van der Waals surface area (Å²) in [4.78, 5) is 4.02. The molecule has 0 aromatic carbocycles. The number of aromatic nitrogens is 1. The van der Waals surface area contributed by atoms with Crippen molar-refractivity contribution in [3.8, 4) is 5.88 Å². The zero-order valence-electron chi connectivity index (χ0n) is 8.40. The maximum atomic E-state index is 5.26. The number of rotatable bonds is 3. The van der Waals surface area contributed by atoms with Gasteiger partial charge in [0.25, 0.3) is 0 Å². The minimum Gasteiger partial charge on any atom is -0.501 e. The fourth-order valence-electron chi connectivity index (χ4n) is 0.975. The summed E-state index contributed by atoms with van der Waals surface area (Å²) < 4.78 is 4.96. The molecule has 0 atom stereocenters. The maximum absolute atomic E-state index is 5.26. The van der Waals surface area contributed by atoms with Crippen LogP contribution in [0.1, 0.15) is 25.3 Å². The molecule has 14 heavy (non-hydrogen) atoms. The Morgan fingerprint density at radius 1 is 1.29 bits per heavy atom. The van der Waals surface area contributed by atoms with Crippen LogP contribution in [0, 0.1) is 0 Å². The van der Waals surface area contributed by atoms with Crippen LogP contribution in [0.15, 0.2) is 18.3 Å². The van der Waals surface area contributed by atoms with Crippen LogP contribution in [0.25, 0.3) is 0 Å². The average Bonchev–Trinajstić information content (AvgIpc) is 2.02. The van der Waals surface area contributed by atoms with E-state index in [0.717, 1.165) is 5.56 Å². The van der Waals surface area contributed by atoms with Gasteiger partial charge in [-0.3, -0.25) is 0 Å². The van der Waals surface area contributed by atoms with Gasteiger partial charge in [-0.15, -0.1) is 0 Å². The smallest absolute Gasteiger partial charge is 0.211 e. The minimum absolute atomic E-state index is 0.321. The molecule has 0 aliphatic heterocycles. The molecule has 5 heteroatoms. The Kier molecular flexibility index (Phi) is 3.30. The summed E-state index contributed by atoms with van der Waals surface area (Å²) in [6.45, 7) is 4.16. The second-order valence-electron chi connectivity index (χ2n) is 3.54. The zero-order chi connectivity index (χ0) is 10.8. The van der Waals surface area contributed by atoms with Crippen molar-refractivity contribution >= 4 is 23.5 Å². The number of ether oxygens (including phenoxy) is 1. The van der Waals surface area contributed by atoms with Gasteiger partial charge in [0.1, 0.15) is 23.5 Å². The molecular weight excluding hydrogens is 171 g/mol. The molecule has 0 aliphatic carbocycles. The molecule has 0 aliphatic rings. The van der Waals surface area contributed by atoms with Crippen LogP contribution in [0.3, 0.4) is 0 Å². The third-order valence-electron chi connectivity index (χ3n) is 1.71. The molecule has 1 rings (SSSR count). The molecule has 0 saturated carbocycles. The number of pyridine rings is 1. The van der Waals surface area contributed by atoms with Crippen molar-refractivity contribution in [1.82, 2.24) is 4.98 Å². The van der Waals surface area contributed by atoms with E-state index in [0.29, 0.717) is 11.8 Å². The summed E-state index contributed by atoms with van der Waals surface area (Å²) in [5.74, 6) is 0.747. The maximum Gasteiger partial charge on any atom is 0.211 e. The van der Waals surface area contributed by atoms with Crippen LogP contribution >= 0.6 is 0 Å². The Morgan fingerprint density at radius 3 is 2.29 bits per heavy atom. The molecule has 2 nitrogen and oxygen atoms in total. The highest BCUT2D eigenvalue weighted by molar-refractivity contribution is 6.58. The van der Waals surface area contributed by atoms with Crippen LogP contribution in [0.4, 0.5) is 0 Å². The van der Waals surface area contributed by atoms with Crippen molar-refractivity contribution < 1.29 is 4.74 Å². The highest BCUT2D eigenvalue weighted by atomic mass is 16.5. The summed E-state index contributed by atoms with van der Waals surface area (Å²) >= 11 is 0. The molecule has 1 heterocycles. The molecule has 66 valence electrons. The number of nitrogens with zero attached hydrogens (tertiary/aromatic N) is 1. The van der Waals surface area contributed by atoms with Crippen molar-refractivity contribution in [3.63, 3.8) is 0 Å². The first-order valence-electron chi connectivity index (χ1n) is 4.40. The summed E-state index contributed by atoms with van der Waals surface area (Å²) in [6.07, 6.45) is 1.71. The lowest BCUT2D eigenvalue weighted by molar-refractivity contribution is 0.305. The van der Waals surface area contributed by atoms with Crippen LogP contribution < -0.4 is 4.74 Å². The van der Waals surface area contributed by atoms with Crippen LogP contribution in [-0.2, 0) is 0 Å². The van der Waals surface area contributed by atoms with Crippen LogP contribution in [0.5, 0.6) is 5.88 Å². The number of hydrogen-bond acceptors (Lipinski definition) is 2. The van der Waals surface area contributed by atoms with E-state index in [-0.39, 0.29) is 0 Å². The van der Waals surface area contributed by atoms with Crippen molar-refractivity contribution in [3.05, 3.63) is 23.9 Å². The third-order valence-corrected chi connectivity index (χ3v) is 1.71.